The number of carboxylic acid groups (broad SMARTS) is 1. The summed E-state index contributed by atoms with van der Waals surface area (Å²) < 4.78 is 0. The first kappa shape index (κ1) is 14.1. The number of hydrogen-bond donors (Lipinski definition) is 3. The molecule has 0 spiro atoms. The molecule has 1 heterocycles. The highest BCUT2D eigenvalue weighted by atomic mass is 16.4. The van der Waals surface area contributed by atoms with Gasteiger partial charge in [0.15, 0.2) is 0 Å². The van der Waals surface area contributed by atoms with Crippen molar-refractivity contribution < 1.29 is 19.8 Å². The number of aliphatic hydroxyl groups excluding tert-OH is 1. The van der Waals surface area contributed by atoms with Crippen molar-refractivity contribution in [3.05, 3.63) is 0 Å². The minimum Gasteiger partial charge on any atom is -0.480 e. The molecule has 1 aliphatic carbocycles. The largest absolute Gasteiger partial charge is 0.480 e. The highest BCUT2D eigenvalue weighted by Crippen LogP contribution is 2.37. The minimum absolute atomic E-state index is 0.0483. The third kappa shape index (κ3) is 2.83. The maximum absolute atomic E-state index is 12.2. The molecule has 19 heavy (non-hydrogen) atoms. The summed E-state index contributed by atoms with van der Waals surface area (Å²) in [6.45, 7) is 4.31. The number of hydrogen-bond acceptors (Lipinski definition) is 3. The Balaban J connectivity index is 2.01. The van der Waals surface area contributed by atoms with Gasteiger partial charge in [-0.05, 0) is 18.3 Å². The molecule has 0 aromatic carbocycles. The summed E-state index contributed by atoms with van der Waals surface area (Å²) in [5.41, 5.74) is 0.0483. The highest BCUT2D eigenvalue weighted by molar-refractivity contribution is 5.83. The Kier molecular flexibility index (Phi) is 3.71. The van der Waals surface area contributed by atoms with Gasteiger partial charge in [0, 0.05) is 19.0 Å². The zero-order valence-electron chi connectivity index (χ0n) is 11.4. The summed E-state index contributed by atoms with van der Waals surface area (Å²) in [6, 6.07) is -1.21. The lowest BCUT2D eigenvalue weighted by atomic mass is 9.87. The second-order valence-electron chi connectivity index (χ2n) is 6.28. The molecular formula is C13H22N2O4. The van der Waals surface area contributed by atoms with E-state index in [-0.39, 0.29) is 30.5 Å². The first-order valence-corrected chi connectivity index (χ1v) is 6.79. The molecule has 2 rings (SSSR count). The topological polar surface area (TPSA) is 89.9 Å². The monoisotopic (exact) mass is 270 g/mol. The summed E-state index contributed by atoms with van der Waals surface area (Å²) in [4.78, 5) is 24.5. The van der Waals surface area contributed by atoms with Crippen LogP contribution >= 0.6 is 0 Å². The molecular weight excluding hydrogens is 248 g/mol. The average Bonchev–Trinajstić information content (AvgIpc) is 2.83. The zero-order valence-corrected chi connectivity index (χ0v) is 11.4. The van der Waals surface area contributed by atoms with Crippen LogP contribution < -0.4 is 5.32 Å². The number of nitrogens with one attached hydrogen (secondary N) is 1. The van der Waals surface area contributed by atoms with Gasteiger partial charge in [0.25, 0.3) is 0 Å². The number of nitrogens with zero attached hydrogens (tertiary/aromatic N) is 1. The predicted octanol–water partition coefficient (Wildman–Crippen LogP) is 0.794. The minimum atomic E-state index is -1.06. The lowest BCUT2D eigenvalue weighted by Gasteiger charge is -2.31. The van der Waals surface area contributed by atoms with Crippen molar-refractivity contribution >= 4 is 12.0 Å². The third-order valence-electron chi connectivity index (χ3n) is 4.38. The molecule has 3 atom stereocenters. The lowest BCUT2D eigenvalue weighted by Crippen LogP contribution is -2.51. The molecule has 108 valence electrons. The molecule has 6 nitrogen and oxygen atoms in total. The Labute approximate surface area is 112 Å². The SMILES string of the molecule is CC1(C)CCCC1NC(=O)N1C[C@H](O)C[C@H]1C(=O)O. The van der Waals surface area contributed by atoms with Crippen LogP contribution in [0.2, 0.25) is 0 Å². The van der Waals surface area contributed by atoms with Crippen molar-refractivity contribution in [3.63, 3.8) is 0 Å². The first-order valence-electron chi connectivity index (χ1n) is 6.79. The van der Waals surface area contributed by atoms with Gasteiger partial charge in [-0.15, -0.1) is 0 Å². The van der Waals surface area contributed by atoms with E-state index >= 15 is 0 Å². The molecule has 2 amide bonds. The zero-order chi connectivity index (χ0) is 14.2. The summed E-state index contributed by atoms with van der Waals surface area (Å²) in [5, 5.41) is 21.6. The second-order valence-corrected chi connectivity index (χ2v) is 6.28. The van der Waals surface area contributed by atoms with Gasteiger partial charge in [-0.1, -0.05) is 20.3 Å². The lowest BCUT2D eigenvalue weighted by molar-refractivity contribution is -0.141. The number of amides is 2. The van der Waals surface area contributed by atoms with E-state index in [1.807, 2.05) is 0 Å². The van der Waals surface area contributed by atoms with E-state index in [4.69, 9.17) is 5.11 Å². The molecule has 0 bridgehead atoms. The van der Waals surface area contributed by atoms with Crippen LogP contribution in [0.15, 0.2) is 0 Å². The summed E-state index contributed by atoms with van der Waals surface area (Å²) >= 11 is 0. The molecule has 0 radical (unpaired) electrons. The Morgan fingerprint density at radius 1 is 1.37 bits per heavy atom. The molecule has 0 aromatic heterocycles. The van der Waals surface area contributed by atoms with Crippen molar-refractivity contribution in [2.45, 2.75) is 57.7 Å². The molecule has 3 N–H and O–H groups in total. The van der Waals surface area contributed by atoms with Crippen LogP contribution in [0.25, 0.3) is 0 Å². The molecule has 1 saturated carbocycles. The number of aliphatic hydroxyl groups is 1. The first-order chi connectivity index (χ1) is 8.81. The van der Waals surface area contributed by atoms with Crippen LogP contribution in [0.5, 0.6) is 0 Å². The van der Waals surface area contributed by atoms with Gasteiger partial charge < -0.3 is 20.4 Å². The van der Waals surface area contributed by atoms with Crippen molar-refractivity contribution in [2.24, 2.45) is 5.41 Å². The van der Waals surface area contributed by atoms with Gasteiger partial charge in [-0.3, -0.25) is 0 Å². The molecule has 2 fully saturated rings. The Morgan fingerprint density at radius 3 is 2.58 bits per heavy atom. The molecule has 1 unspecified atom stereocenters. The number of rotatable bonds is 2. The highest BCUT2D eigenvalue weighted by Gasteiger charge is 2.42. The molecule has 2 aliphatic rings. The van der Waals surface area contributed by atoms with Crippen molar-refractivity contribution in [2.75, 3.05) is 6.54 Å². The van der Waals surface area contributed by atoms with Gasteiger partial charge >= 0.3 is 12.0 Å². The number of carbonyl (C=O) groups is 2. The number of β-amino-alcohol motifs (C(OH)–C–C–N with tert-alkyl or cyclic N) is 1. The summed E-state index contributed by atoms with van der Waals surface area (Å²) in [5.74, 6) is -1.06. The Bertz CT molecular complexity index is 383. The van der Waals surface area contributed by atoms with Crippen molar-refractivity contribution in [3.8, 4) is 0 Å². The Morgan fingerprint density at radius 2 is 2.05 bits per heavy atom. The average molecular weight is 270 g/mol. The van der Waals surface area contributed by atoms with Gasteiger partial charge in [-0.2, -0.15) is 0 Å². The van der Waals surface area contributed by atoms with Crippen LogP contribution in [0.3, 0.4) is 0 Å². The molecule has 1 saturated heterocycles. The van der Waals surface area contributed by atoms with E-state index < -0.39 is 18.1 Å². The molecule has 6 heteroatoms. The number of carbonyl (C=O) groups excluding carboxylic acids is 1. The fourth-order valence-electron chi connectivity index (χ4n) is 3.10. The molecule has 0 aromatic rings. The fraction of sp³-hybridized carbons (Fsp3) is 0.846. The second kappa shape index (κ2) is 5.00. The van der Waals surface area contributed by atoms with Gasteiger partial charge in [0.2, 0.25) is 0 Å². The van der Waals surface area contributed by atoms with Gasteiger partial charge in [0.1, 0.15) is 6.04 Å². The van der Waals surface area contributed by atoms with Crippen molar-refractivity contribution in [1.29, 1.82) is 0 Å². The van der Waals surface area contributed by atoms with E-state index in [2.05, 4.69) is 19.2 Å². The smallest absolute Gasteiger partial charge is 0.326 e. The van der Waals surface area contributed by atoms with Gasteiger partial charge in [-0.25, -0.2) is 9.59 Å². The quantitative estimate of drug-likeness (QED) is 0.692. The standard InChI is InChI=1S/C13H22N2O4/c1-13(2)5-3-4-10(13)14-12(19)15-7-8(16)6-9(15)11(17)18/h8-10,16H,3-7H2,1-2H3,(H,14,19)(H,17,18)/t8-,9+,10?/m1/s1. The van der Waals surface area contributed by atoms with E-state index in [9.17, 15) is 14.7 Å². The number of carboxylic acids is 1. The predicted molar refractivity (Wildman–Crippen MR) is 68.7 cm³/mol. The van der Waals surface area contributed by atoms with E-state index in [1.54, 1.807) is 0 Å². The van der Waals surface area contributed by atoms with E-state index in [1.165, 1.54) is 4.90 Å². The maximum atomic E-state index is 12.2. The van der Waals surface area contributed by atoms with E-state index in [0.29, 0.717) is 0 Å². The van der Waals surface area contributed by atoms with Crippen molar-refractivity contribution in [1.82, 2.24) is 10.2 Å². The number of urea groups is 1. The third-order valence-corrected chi connectivity index (χ3v) is 4.38. The normalized spacial score (nSPS) is 33.4. The van der Waals surface area contributed by atoms with Crippen LogP contribution in [0.4, 0.5) is 4.79 Å². The Hall–Kier alpha value is -1.30. The van der Waals surface area contributed by atoms with Crippen LogP contribution in [0, 0.1) is 5.41 Å². The summed E-state index contributed by atoms with van der Waals surface area (Å²) in [6.07, 6.45) is 2.42. The number of aliphatic carboxylic acids is 1. The maximum Gasteiger partial charge on any atom is 0.326 e. The van der Waals surface area contributed by atoms with Crippen LogP contribution in [0.1, 0.15) is 39.5 Å². The van der Waals surface area contributed by atoms with Crippen LogP contribution in [-0.4, -0.2) is 51.8 Å². The van der Waals surface area contributed by atoms with Gasteiger partial charge in [0.05, 0.1) is 6.10 Å². The fourth-order valence-corrected chi connectivity index (χ4v) is 3.10. The molecule has 1 aliphatic heterocycles. The number of likely N-dealkylation sites (tertiary alicyclic amines) is 1. The van der Waals surface area contributed by atoms with Crippen LogP contribution in [-0.2, 0) is 4.79 Å². The summed E-state index contributed by atoms with van der Waals surface area (Å²) in [7, 11) is 0. The van der Waals surface area contributed by atoms with E-state index in [0.717, 1.165) is 19.3 Å².